The molecule has 1 aromatic heterocycles. The van der Waals surface area contributed by atoms with Gasteiger partial charge >= 0.3 is 0 Å². The summed E-state index contributed by atoms with van der Waals surface area (Å²) in [6.07, 6.45) is 12.6. The van der Waals surface area contributed by atoms with Crippen molar-refractivity contribution in [2.24, 2.45) is 7.05 Å². The average molecular weight is 362 g/mol. The van der Waals surface area contributed by atoms with Crippen LogP contribution < -0.4 is 9.47 Å². The molecule has 0 aliphatic carbocycles. The number of allylic oxidation sites excluding steroid dienone is 2. The maximum Gasteiger partial charge on any atom is 0.262 e. The number of anilines is 1. The van der Waals surface area contributed by atoms with Crippen LogP contribution in [-0.2, 0) is 7.05 Å². The van der Waals surface area contributed by atoms with E-state index in [1.807, 2.05) is 11.3 Å². The largest absolute Gasteiger partial charge is 0.372 e. The smallest absolute Gasteiger partial charge is 0.262 e. The third-order valence-corrected chi connectivity index (χ3v) is 6.21. The molecule has 1 saturated heterocycles. The first-order valence-electron chi connectivity index (χ1n) is 9.38. The maximum atomic E-state index is 2.50. The van der Waals surface area contributed by atoms with E-state index >= 15 is 0 Å². The number of hydrogen-bond donors (Lipinski definition) is 0. The standard InChI is InChI=1S/C23H25N2S/c1-24-21-10-4-5-11-22(21)26-23(24)12-6-3-9-19-13-15-20(16-14-19)25-17-7-2-8-18-25/h3-6,9-16H,2,7-8,17-18H2,1H3/q+1. The van der Waals surface area contributed by atoms with Crippen LogP contribution in [-0.4, -0.2) is 13.1 Å². The molecule has 4 rings (SSSR count). The molecular weight excluding hydrogens is 336 g/mol. The Labute approximate surface area is 159 Å². The molecule has 1 aliphatic rings. The van der Waals surface area contributed by atoms with Crippen molar-refractivity contribution in [1.29, 1.82) is 0 Å². The Balaban J connectivity index is 1.42. The van der Waals surface area contributed by atoms with Crippen molar-refractivity contribution in [1.82, 2.24) is 0 Å². The summed E-state index contributed by atoms with van der Waals surface area (Å²) in [6.45, 7) is 2.40. The van der Waals surface area contributed by atoms with E-state index in [1.165, 1.54) is 58.8 Å². The molecule has 0 atom stereocenters. The van der Waals surface area contributed by atoms with E-state index in [-0.39, 0.29) is 0 Å². The summed E-state index contributed by atoms with van der Waals surface area (Å²) in [5.41, 5.74) is 3.89. The van der Waals surface area contributed by atoms with Crippen molar-refractivity contribution in [3.05, 3.63) is 71.3 Å². The first-order valence-corrected chi connectivity index (χ1v) is 10.2. The molecule has 2 aromatic carbocycles. The second-order valence-electron chi connectivity index (χ2n) is 6.82. The van der Waals surface area contributed by atoms with Gasteiger partial charge in [0.05, 0.1) is 0 Å². The van der Waals surface area contributed by atoms with Crippen molar-refractivity contribution < 1.29 is 4.57 Å². The lowest BCUT2D eigenvalue weighted by Crippen LogP contribution is -2.29. The van der Waals surface area contributed by atoms with E-state index < -0.39 is 0 Å². The van der Waals surface area contributed by atoms with Gasteiger partial charge in [-0.2, -0.15) is 4.57 Å². The Morgan fingerprint density at radius 2 is 1.62 bits per heavy atom. The van der Waals surface area contributed by atoms with E-state index in [9.17, 15) is 0 Å². The van der Waals surface area contributed by atoms with E-state index in [0.29, 0.717) is 0 Å². The number of piperidine rings is 1. The van der Waals surface area contributed by atoms with E-state index in [2.05, 4.69) is 89.3 Å². The van der Waals surface area contributed by atoms with Crippen LogP contribution in [0.2, 0.25) is 0 Å². The molecule has 2 nitrogen and oxygen atoms in total. The Hall–Kier alpha value is -2.39. The number of rotatable bonds is 4. The highest BCUT2D eigenvalue weighted by molar-refractivity contribution is 7.18. The summed E-state index contributed by atoms with van der Waals surface area (Å²) in [4.78, 5) is 2.50. The Bertz CT molecular complexity index is 929. The van der Waals surface area contributed by atoms with Gasteiger partial charge in [-0.25, -0.2) is 0 Å². The van der Waals surface area contributed by atoms with Crippen LogP contribution in [0.25, 0.3) is 22.4 Å². The predicted octanol–water partition coefficient (Wildman–Crippen LogP) is 5.44. The van der Waals surface area contributed by atoms with Crippen molar-refractivity contribution in [3.8, 4) is 0 Å². The SMILES string of the molecule is C[n+]1c(C=CC=Cc2ccc(N3CCCCC3)cc2)sc2ccccc21. The van der Waals surface area contributed by atoms with Crippen LogP contribution in [0.15, 0.2) is 60.7 Å². The molecule has 3 heteroatoms. The maximum absolute atomic E-state index is 2.50. The second kappa shape index (κ2) is 7.88. The van der Waals surface area contributed by atoms with Crippen LogP contribution in [0.1, 0.15) is 29.8 Å². The zero-order valence-electron chi connectivity index (χ0n) is 15.3. The number of fused-ring (bicyclic) bond motifs is 1. The zero-order valence-corrected chi connectivity index (χ0v) is 16.1. The summed E-state index contributed by atoms with van der Waals surface area (Å²) < 4.78 is 3.57. The fourth-order valence-corrected chi connectivity index (χ4v) is 4.58. The minimum atomic E-state index is 1.20. The molecule has 3 aromatic rings. The minimum Gasteiger partial charge on any atom is -0.372 e. The molecule has 26 heavy (non-hydrogen) atoms. The Morgan fingerprint density at radius 3 is 2.38 bits per heavy atom. The van der Waals surface area contributed by atoms with Crippen LogP contribution in [0.4, 0.5) is 5.69 Å². The van der Waals surface area contributed by atoms with Gasteiger partial charge in [0.2, 0.25) is 5.52 Å². The Morgan fingerprint density at radius 1 is 0.885 bits per heavy atom. The zero-order chi connectivity index (χ0) is 17.8. The summed E-state index contributed by atoms with van der Waals surface area (Å²) in [5.74, 6) is 0. The van der Waals surface area contributed by atoms with Crippen LogP contribution >= 0.6 is 11.3 Å². The normalized spacial score (nSPS) is 15.5. The van der Waals surface area contributed by atoms with Gasteiger partial charge in [0.1, 0.15) is 11.7 Å². The molecule has 0 unspecified atom stereocenters. The second-order valence-corrected chi connectivity index (χ2v) is 7.89. The highest BCUT2D eigenvalue weighted by atomic mass is 32.1. The van der Waals surface area contributed by atoms with Crippen LogP contribution in [0.5, 0.6) is 0 Å². The highest BCUT2D eigenvalue weighted by Gasteiger charge is 2.13. The van der Waals surface area contributed by atoms with E-state index in [4.69, 9.17) is 0 Å². The first-order chi connectivity index (χ1) is 12.8. The molecule has 0 saturated carbocycles. The van der Waals surface area contributed by atoms with Gasteiger partial charge in [0.25, 0.3) is 5.01 Å². The molecular formula is C23H25N2S+. The molecule has 0 bridgehead atoms. The number of aryl methyl sites for hydroxylation is 1. The lowest BCUT2D eigenvalue weighted by Gasteiger charge is -2.28. The molecule has 132 valence electrons. The molecule has 0 N–H and O–H groups in total. The van der Waals surface area contributed by atoms with Crippen molar-refractivity contribution in [2.45, 2.75) is 19.3 Å². The summed E-state index contributed by atoms with van der Waals surface area (Å²) >= 11 is 1.82. The van der Waals surface area contributed by atoms with E-state index in [1.54, 1.807) is 0 Å². The van der Waals surface area contributed by atoms with Gasteiger partial charge in [0, 0.05) is 30.9 Å². The lowest BCUT2D eigenvalue weighted by atomic mass is 10.1. The predicted molar refractivity (Wildman–Crippen MR) is 114 cm³/mol. The summed E-state index contributed by atoms with van der Waals surface area (Å²) in [5, 5.41) is 1.26. The number of hydrogen-bond acceptors (Lipinski definition) is 2. The first kappa shape index (κ1) is 17.0. The number of benzene rings is 2. The monoisotopic (exact) mass is 361 g/mol. The number of nitrogens with zero attached hydrogens (tertiary/aromatic N) is 2. The summed E-state index contributed by atoms with van der Waals surface area (Å²) in [7, 11) is 2.13. The van der Waals surface area contributed by atoms with Crippen molar-refractivity contribution in [2.75, 3.05) is 18.0 Å². The molecule has 0 spiro atoms. The third kappa shape index (κ3) is 3.73. The van der Waals surface area contributed by atoms with Gasteiger partial charge in [-0.05, 0) is 43.0 Å². The topological polar surface area (TPSA) is 7.12 Å². The molecule has 1 aliphatic heterocycles. The van der Waals surface area contributed by atoms with Crippen molar-refractivity contribution >= 4 is 39.4 Å². The molecule has 2 heterocycles. The molecule has 1 fully saturated rings. The molecule has 0 amide bonds. The van der Waals surface area contributed by atoms with Crippen LogP contribution in [0, 0.1) is 0 Å². The highest BCUT2D eigenvalue weighted by Crippen LogP contribution is 2.22. The molecule has 0 radical (unpaired) electrons. The average Bonchev–Trinajstić information content (AvgIpc) is 3.02. The van der Waals surface area contributed by atoms with Gasteiger partial charge in [0.15, 0.2) is 0 Å². The lowest BCUT2D eigenvalue weighted by molar-refractivity contribution is -0.642. The van der Waals surface area contributed by atoms with Crippen molar-refractivity contribution in [3.63, 3.8) is 0 Å². The summed E-state index contributed by atoms with van der Waals surface area (Å²) in [6, 6.07) is 17.5. The van der Waals surface area contributed by atoms with Crippen LogP contribution in [0.3, 0.4) is 0 Å². The number of para-hydroxylation sites is 1. The fourth-order valence-electron chi connectivity index (χ4n) is 3.52. The van der Waals surface area contributed by atoms with Gasteiger partial charge in [-0.15, -0.1) is 0 Å². The number of aromatic nitrogens is 1. The minimum absolute atomic E-state index is 1.20. The van der Waals surface area contributed by atoms with Gasteiger partial charge in [-0.3, -0.25) is 0 Å². The van der Waals surface area contributed by atoms with Gasteiger partial charge in [-0.1, -0.05) is 53.8 Å². The number of thiazole rings is 1. The van der Waals surface area contributed by atoms with E-state index in [0.717, 1.165) is 0 Å². The van der Waals surface area contributed by atoms with Gasteiger partial charge < -0.3 is 4.90 Å². The quantitative estimate of drug-likeness (QED) is 0.443. The fraction of sp³-hybridized carbons (Fsp3) is 0.261. The third-order valence-electron chi connectivity index (χ3n) is 5.02. The Kier molecular flexibility index (Phi) is 5.16.